The van der Waals surface area contributed by atoms with Crippen LogP contribution in [0.1, 0.15) is 12.5 Å². The minimum Gasteiger partial charge on any atom is -0.0622 e. The summed E-state index contributed by atoms with van der Waals surface area (Å²) in [5.74, 6) is 0. The molecule has 0 saturated heterocycles. The Labute approximate surface area is 75.1 Å². The number of hydrogen-bond donors (Lipinski definition) is 0. The molecule has 0 aliphatic carbocycles. The number of halogens is 1. The first-order valence-electron chi connectivity index (χ1n) is 3.17. The van der Waals surface area contributed by atoms with Gasteiger partial charge in [0.25, 0.3) is 0 Å². The predicted octanol–water partition coefficient (Wildman–Crippen LogP) is 3.48. The molecular weight excluding hydrogens is 235 g/mol. The normalized spacial score (nSPS) is 11.6. The van der Waals surface area contributed by atoms with Crippen LogP contribution in [-0.4, -0.2) is 0 Å². The standard InChI is InChI=1S/C9H9I/c1-8(7-10)9-5-3-2-4-6-9/h2-7H,1H3/b8-7+. The molecule has 10 heavy (non-hydrogen) atoms. The summed E-state index contributed by atoms with van der Waals surface area (Å²) in [4.78, 5) is 0. The number of benzene rings is 1. The third-order valence-electron chi connectivity index (χ3n) is 1.39. The fourth-order valence-electron chi connectivity index (χ4n) is 0.764. The highest BCUT2D eigenvalue weighted by Crippen LogP contribution is 2.13. The lowest BCUT2D eigenvalue weighted by molar-refractivity contribution is 1.58. The third-order valence-corrected chi connectivity index (χ3v) is 2.33. The maximum absolute atomic E-state index is 2.25. The van der Waals surface area contributed by atoms with Crippen LogP contribution in [0.5, 0.6) is 0 Å². The van der Waals surface area contributed by atoms with Crippen molar-refractivity contribution < 1.29 is 0 Å². The molecule has 0 spiro atoms. The SMILES string of the molecule is C/C(=C\I)c1ccccc1. The van der Waals surface area contributed by atoms with Gasteiger partial charge in [-0.25, -0.2) is 0 Å². The quantitative estimate of drug-likeness (QED) is 0.663. The molecule has 1 aromatic carbocycles. The van der Waals surface area contributed by atoms with Gasteiger partial charge in [-0.05, 0) is 22.1 Å². The van der Waals surface area contributed by atoms with Crippen LogP contribution in [-0.2, 0) is 0 Å². The fourth-order valence-corrected chi connectivity index (χ4v) is 1.12. The molecular formula is C9H9I. The van der Waals surface area contributed by atoms with Crippen molar-refractivity contribution in [1.29, 1.82) is 0 Å². The minimum absolute atomic E-state index is 1.30. The summed E-state index contributed by atoms with van der Waals surface area (Å²) in [6.45, 7) is 2.11. The van der Waals surface area contributed by atoms with E-state index in [0.717, 1.165) is 0 Å². The third kappa shape index (κ3) is 1.84. The maximum Gasteiger partial charge on any atom is -0.0198 e. The molecule has 1 aromatic rings. The highest BCUT2D eigenvalue weighted by molar-refractivity contribution is 14.1. The van der Waals surface area contributed by atoms with Crippen molar-refractivity contribution in [3.8, 4) is 0 Å². The van der Waals surface area contributed by atoms with Crippen molar-refractivity contribution in [2.45, 2.75) is 6.92 Å². The molecule has 0 unspecified atom stereocenters. The van der Waals surface area contributed by atoms with E-state index in [0.29, 0.717) is 0 Å². The van der Waals surface area contributed by atoms with Crippen LogP contribution in [0, 0.1) is 0 Å². The molecule has 0 saturated carbocycles. The molecule has 0 nitrogen and oxygen atoms in total. The zero-order chi connectivity index (χ0) is 7.40. The Morgan fingerprint density at radius 3 is 2.40 bits per heavy atom. The van der Waals surface area contributed by atoms with Gasteiger partial charge in [-0.1, -0.05) is 52.9 Å². The summed E-state index contributed by atoms with van der Waals surface area (Å²) < 4.78 is 2.09. The van der Waals surface area contributed by atoms with Crippen molar-refractivity contribution in [2.24, 2.45) is 0 Å². The topological polar surface area (TPSA) is 0 Å². The second-order valence-electron chi connectivity index (χ2n) is 2.16. The summed E-state index contributed by atoms with van der Waals surface area (Å²) in [7, 11) is 0. The van der Waals surface area contributed by atoms with Gasteiger partial charge < -0.3 is 0 Å². The van der Waals surface area contributed by atoms with Crippen LogP contribution in [0.2, 0.25) is 0 Å². The Kier molecular flexibility index (Phi) is 2.93. The monoisotopic (exact) mass is 244 g/mol. The van der Waals surface area contributed by atoms with E-state index in [2.05, 4.69) is 57.9 Å². The smallest absolute Gasteiger partial charge is 0.0198 e. The van der Waals surface area contributed by atoms with E-state index in [1.165, 1.54) is 11.1 Å². The Morgan fingerprint density at radius 1 is 1.30 bits per heavy atom. The van der Waals surface area contributed by atoms with Gasteiger partial charge in [0.1, 0.15) is 0 Å². The molecule has 0 amide bonds. The average molecular weight is 244 g/mol. The zero-order valence-electron chi connectivity index (χ0n) is 5.84. The van der Waals surface area contributed by atoms with E-state index >= 15 is 0 Å². The second-order valence-corrected chi connectivity index (χ2v) is 2.78. The first-order chi connectivity index (χ1) is 4.84. The van der Waals surface area contributed by atoms with Crippen molar-refractivity contribution in [3.05, 3.63) is 40.0 Å². The maximum atomic E-state index is 2.25. The molecule has 0 bridgehead atoms. The zero-order valence-corrected chi connectivity index (χ0v) is 8.00. The van der Waals surface area contributed by atoms with E-state index in [9.17, 15) is 0 Å². The number of hydrogen-bond acceptors (Lipinski definition) is 0. The molecule has 0 radical (unpaired) electrons. The molecule has 1 heteroatoms. The van der Waals surface area contributed by atoms with E-state index < -0.39 is 0 Å². The van der Waals surface area contributed by atoms with Gasteiger partial charge >= 0.3 is 0 Å². The van der Waals surface area contributed by atoms with E-state index in [1.807, 2.05) is 6.07 Å². The molecule has 1 rings (SSSR count). The molecule has 52 valence electrons. The van der Waals surface area contributed by atoms with Crippen molar-refractivity contribution in [3.63, 3.8) is 0 Å². The lowest BCUT2D eigenvalue weighted by Crippen LogP contribution is -1.74. The Morgan fingerprint density at radius 2 is 1.90 bits per heavy atom. The Balaban J connectivity index is 2.96. The largest absolute Gasteiger partial charge is 0.0622 e. The Hall–Kier alpha value is -0.310. The van der Waals surface area contributed by atoms with E-state index in [1.54, 1.807) is 0 Å². The molecule has 0 fully saturated rings. The highest BCUT2D eigenvalue weighted by atomic mass is 127. The van der Waals surface area contributed by atoms with E-state index in [4.69, 9.17) is 0 Å². The fraction of sp³-hybridized carbons (Fsp3) is 0.111. The van der Waals surface area contributed by atoms with Crippen LogP contribution in [0.15, 0.2) is 34.4 Å². The molecule has 0 aromatic heterocycles. The van der Waals surface area contributed by atoms with Gasteiger partial charge in [0.15, 0.2) is 0 Å². The summed E-state index contributed by atoms with van der Waals surface area (Å²) >= 11 is 2.25. The first-order valence-corrected chi connectivity index (χ1v) is 4.41. The molecule has 0 N–H and O–H groups in total. The summed E-state index contributed by atoms with van der Waals surface area (Å²) in [5.41, 5.74) is 2.62. The van der Waals surface area contributed by atoms with Gasteiger partial charge in [-0.15, -0.1) is 0 Å². The Bertz CT molecular complexity index is 224. The van der Waals surface area contributed by atoms with Crippen LogP contribution >= 0.6 is 22.6 Å². The average Bonchev–Trinajstić information content (AvgIpc) is 2.05. The predicted molar refractivity (Wildman–Crippen MR) is 54.1 cm³/mol. The molecule has 0 atom stereocenters. The van der Waals surface area contributed by atoms with Gasteiger partial charge in [0.2, 0.25) is 0 Å². The lowest BCUT2D eigenvalue weighted by atomic mass is 10.1. The van der Waals surface area contributed by atoms with E-state index in [-0.39, 0.29) is 0 Å². The van der Waals surface area contributed by atoms with Crippen LogP contribution in [0.25, 0.3) is 5.57 Å². The molecule has 0 aliphatic heterocycles. The highest BCUT2D eigenvalue weighted by Gasteiger charge is 1.89. The first kappa shape index (κ1) is 7.79. The van der Waals surface area contributed by atoms with Crippen molar-refractivity contribution in [2.75, 3.05) is 0 Å². The van der Waals surface area contributed by atoms with Crippen molar-refractivity contribution >= 4 is 28.2 Å². The van der Waals surface area contributed by atoms with Gasteiger partial charge in [-0.3, -0.25) is 0 Å². The van der Waals surface area contributed by atoms with Gasteiger partial charge in [-0.2, -0.15) is 0 Å². The van der Waals surface area contributed by atoms with Crippen molar-refractivity contribution in [1.82, 2.24) is 0 Å². The molecule has 0 heterocycles. The summed E-state index contributed by atoms with van der Waals surface area (Å²) in [6.07, 6.45) is 0. The van der Waals surface area contributed by atoms with Crippen LogP contribution in [0.3, 0.4) is 0 Å². The van der Waals surface area contributed by atoms with Gasteiger partial charge in [0.05, 0.1) is 0 Å². The van der Waals surface area contributed by atoms with Gasteiger partial charge in [0, 0.05) is 0 Å². The van der Waals surface area contributed by atoms with Crippen LogP contribution < -0.4 is 0 Å². The van der Waals surface area contributed by atoms with Crippen LogP contribution in [0.4, 0.5) is 0 Å². The minimum atomic E-state index is 1.30. The second kappa shape index (κ2) is 3.76. The number of rotatable bonds is 1. The molecule has 0 aliphatic rings. The summed E-state index contributed by atoms with van der Waals surface area (Å²) in [6, 6.07) is 10.4. The lowest BCUT2D eigenvalue weighted by Gasteiger charge is -1.96. The summed E-state index contributed by atoms with van der Waals surface area (Å²) in [5, 5.41) is 0. The number of allylic oxidation sites excluding steroid dienone is 1.